The lowest BCUT2D eigenvalue weighted by molar-refractivity contribution is -0.159. The first-order chi connectivity index (χ1) is 25.1. The summed E-state index contributed by atoms with van der Waals surface area (Å²) in [7, 11) is -4.21. The second kappa shape index (κ2) is 15.4. The Hall–Kier alpha value is -3.95. The Morgan fingerprint density at radius 3 is 2.60 bits per heavy atom. The van der Waals surface area contributed by atoms with Crippen molar-refractivity contribution in [2.45, 2.75) is 113 Å². The van der Waals surface area contributed by atoms with E-state index in [0.717, 1.165) is 35.3 Å². The number of nitrogens with one attached hydrogen (secondary N) is 2. The average Bonchev–Trinajstić information content (AvgIpc) is 3.55. The van der Waals surface area contributed by atoms with Gasteiger partial charge in [0.25, 0.3) is 15.9 Å². The number of amides is 4. The van der Waals surface area contributed by atoms with Crippen LogP contribution in [0.3, 0.4) is 0 Å². The van der Waals surface area contributed by atoms with E-state index in [9.17, 15) is 32.4 Å². The monoisotopic (exact) mass is 788 g/mol. The quantitative estimate of drug-likeness (QED) is 0.300. The van der Waals surface area contributed by atoms with Crippen LogP contribution in [0.2, 0.25) is 5.02 Å². The normalized spacial score (nSPS) is 26.9. The van der Waals surface area contributed by atoms with Gasteiger partial charge in [0.15, 0.2) is 0 Å². The molecular weight excluding hydrogens is 744 g/mol. The van der Waals surface area contributed by atoms with E-state index in [0.29, 0.717) is 24.3 Å². The van der Waals surface area contributed by atoms with Crippen LogP contribution in [-0.4, -0.2) is 77.8 Å². The molecule has 286 valence electrons. The number of nitrogens with zero attached hydrogens (tertiary/aromatic N) is 2. The molecule has 0 spiro atoms. The third-order valence-electron chi connectivity index (χ3n) is 10.0. The fraction of sp³-hybridized carbons (Fsp3) is 0.541. The molecule has 3 aliphatic heterocycles. The Labute approximate surface area is 318 Å². The zero-order valence-electron chi connectivity index (χ0n) is 30.0. The van der Waals surface area contributed by atoms with Gasteiger partial charge in [0.05, 0.1) is 19.5 Å². The van der Waals surface area contributed by atoms with Crippen molar-refractivity contribution in [2.75, 3.05) is 6.54 Å². The molecule has 1 aromatic heterocycles. The zero-order valence-corrected chi connectivity index (χ0v) is 32.4. The van der Waals surface area contributed by atoms with Gasteiger partial charge in [-0.3, -0.25) is 24.1 Å². The summed E-state index contributed by atoms with van der Waals surface area (Å²) in [6, 6.07) is 7.19. The van der Waals surface area contributed by atoms with Crippen molar-refractivity contribution >= 4 is 62.7 Å². The van der Waals surface area contributed by atoms with Gasteiger partial charge >= 0.3 is 12.1 Å². The highest BCUT2D eigenvalue weighted by Crippen LogP contribution is 2.46. The number of carbonyl (C=O) groups excluding carboxylic acids is 5. The van der Waals surface area contributed by atoms with E-state index in [1.54, 1.807) is 44.4 Å². The van der Waals surface area contributed by atoms with Crippen molar-refractivity contribution < 1.29 is 41.9 Å². The van der Waals surface area contributed by atoms with E-state index in [1.807, 2.05) is 18.2 Å². The molecule has 16 heteroatoms. The van der Waals surface area contributed by atoms with Crippen LogP contribution in [-0.2, 0) is 51.8 Å². The summed E-state index contributed by atoms with van der Waals surface area (Å²) in [5.41, 5.74) is -0.639. The molecule has 1 saturated carbocycles. The molecule has 4 heterocycles. The largest absolute Gasteiger partial charge is 0.460 e. The minimum atomic E-state index is -4.21. The van der Waals surface area contributed by atoms with Gasteiger partial charge in [0.2, 0.25) is 11.8 Å². The molecule has 0 radical (unpaired) electrons. The number of thiophene rings is 1. The van der Waals surface area contributed by atoms with Gasteiger partial charge in [-0.1, -0.05) is 54.8 Å². The molecule has 0 unspecified atom stereocenters. The molecule has 4 aliphatic rings. The SMILES string of the molecule is CC(C)(C)OC(=O)C[C@H]1CCCCC/C=C\[C@@H]2C[C@@]2(C(=O)NS(=O)(=O)c2cccs2)NC(=O)[C@@H]2C[C@@H](OC(=O)N3Cc4cccc(Cl)c4C3)CN2C1=O. The summed E-state index contributed by atoms with van der Waals surface area (Å²) < 4.78 is 39.7. The third kappa shape index (κ3) is 8.89. The molecular formula is C37H45ClN4O9S2. The number of sulfonamides is 1. The van der Waals surface area contributed by atoms with Gasteiger partial charge in [-0.2, -0.15) is 0 Å². The Morgan fingerprint density at radius 2 is 1.89 bits per heavy atom. The maximum Gasteiger partial charge on any atom is 0.410 e. The van der Waals surface area contributed by atoms with Crippen LogP contribution < -0.4 is 10.0 Å². The summed E-state index contributed by atoms with van der Waals surface area (Å²) in [5, 5.41) is 4.93. The molecule has 1 saturated heterocycles. The number of ether oxygens (including phenoxy) is 2. The highest BCUT2D eigenvalue weighted by atomic mass is 35.5. The topological polar surface area (TPSA) is 168 Å². The molecule has 6 rings (SSSR count). The highest BCUT2D eigenvalue weighted by Gasteiger charge is 2.62. The van der Waals surface area contributed by atoms with Gasteiger partial charge in [-0.05, 0) is 75.1 Å². The maximum absolute atomic E-state index is 14.4. The predicted octanol–water partition coefficient (Wildman–Crippen LogP) is 5.07. The number of esters is 1. The van der Waals surface area contributed by atoms with Crippen LogP contribution in [0.4, 0.5) is 4.79 Å². The number of hydrogen-bond acceptors (Lipinski definition) is 10. The molecule has 53 heavy (non-hydrogen) atoms. The summed E-state index contributed by atoms with van der Waals surface area (Å²) in [5.74, 6) is -3.88. The van der Waals surface area contributed by atoms with E-state index in [1.165, 1.54) is 15.9 Å². The van der Waals surface area contributed by atoms with Gasteiger partial charge in [0.1, 0.15) is 27.5 Å². The first-order valence-corrected chi connectivity index (χ1v) is 20.6. The Bertz CT molecular complexity index is 1890. The van der Waals surface area contributed by atoms with Crippen LogP contribution in [0.15, 0.2) is 52.1 Å². The first kappa shape index (κ1) is 38.8. The fourth-order valence-corrected chi connectivity index (χ4v) is 9.57. The van der Waals surface area contributed by atoms with E-state index >= 15 is 0 Å². The molecule has 2 fully saturated rings. The lowest BCUT2D eigenvalue weighted by atomic mass is 9.95. The molecule has 1 aliphatic carbocycles. The summed E-state index contributed by atoms with van der Waals surface area (Å²) in [4.78, 5) is 71.8. The minimum absolute atomic E-state index is 0.0462. The molecule has 1 aromatic carbocycles. The Morgan fingerprint density at radius 1 is 1.09 bits per heavy atom. The predicted molar refractivity (Wildman–Crippen MR) is 196 cm³/mol. The van der Waals surface area contributed by atoms with Crippen LogP contribution >= 0.6 is 22.9 Å². The van der Waals surface area contributed by atoms with Gasteiger partial charge in [-0.25, -0.2) is 17.9 Å². The van der Waals surface area contributed by atoms with Crippen molar-refractivity contribution in [1.82, 2.24) is 19.8 Å². The fourth-order valence-electron chi connectivity index (χ4n) is 7.29. The van der Waals surface area contributed by atoms with Crippen molar-refractivity contribution in [3.05, 3.63) is 64.0 Å². The van der Waals surface area contributed by atoms with Gasteiger partial charge in [0, 0.05) is 29.8 Å². The highest BCUT2D eigenvalue weighted by molar-refractivity contribution is 7.92. The van der Waals surface area contributed by atoms with E-state index < -0.39 is 74.9 Å². The lowest BCUT2D eigenvalue weighted by Gasteiger charge is -2.30. The molecule has 0 bridgehead atoms. The second-order valence-corrected chi connectivity index (χ2v) is 18.4. The van der Waals surface area contributed by atoms with Crippen molar-refractivity contribution in [3.63, 3.8) is 0 Å². The van der Waals surface area contributed by atoms with E-state index in [-0.39, 0.29) is 43.1 Å². The second-order valence-electron chi connectivity index (χ2n) is 15.2. The molecule has 13 nitrogen and oxygen atoms in total. The standard InChI is InChI=1S/C37H45ClN4O9S2/c1-36(2,3)51-30(43)17-23-11-7-5-4-6-8-13-25-19-37(25,34(46)40-53(48,49)31-15-10-16-52-31)39-32(44)29-18-26(21-42(29)33(23)45)50-35(47)41-20-24-12-9-14-28(38)27(24)22-41/h8-10,12-16,23,25-26,29H,4-7,11,17-22H2,1-3H3,(H,39,44)(H,40,46)/b13-8-/t23-,25-,26-,29+,37-/m1/s1. The molecule has 2 aromatic rings. The number of rotatable bonds is 6. The molecule has 4 amide bonds. The first-order valence-electron chi connectivity index (χ1n) is 17.9. The number of allylic oxidation sites excluding steroid dienone is 1. The van der Waals surface area contributed by atoms with Crippen molar-refractivity contribution in [1.29, 1.82) is 0 Å². The number of benzene rings is 1. The summed E-state index contributed by atoms with van der Waals surface area (Å²) in [6.07, 6.45) is 5.34. The van der Waals surface area contributed by atoms with Gasteiger partial charge < -0.3 is 19.7 Å². The van der Waals surface area contributed by atoms with E-state index in [2.05, 4.69) is 10.0 Å². The Kier molecular flexibility index (Phi) is 11.3. The molecule has 5 atom stereocenters. The van der Waals surface area contributed by atoms with Gasteiger partial charge in [-0.15, -0.1) is 11.3 Å². The van der Waals surface area contributed by atoms with Crippen LogP contribution in [0.25, 0.3) is 0 Å². The third-order valence-corrected chi connectivity index (χ3v) is 13.1. The number of carbonyl (C=O) groups is 5. The number of hydrogen-bond donors (Lipinski definition) is 2. The number of fused-ring (bicyclic) bond motifs is 3. The number of halogens is 1. The van der Waals surface area contributed by atoms with Crippen molar-refractivity contribution in [2.24, 2.45) is 11.8 Å². The van der Waals surface area contributed by atoms with Crippen LogP contribution in [0, 0.1) is 11.8 Å². The summed E-state index contributed by atoms with van der Waals surface area (Å²) in [6.45, 7) is 5.63. The van der Waals surface area contributed by atoms with Crippen LogP contribution in [0.5, 0.6) is 0 Å². The average molecular weight is 789 g/mol. The molecule has 2 N–H and O–H groups in total. The van der Waals surface area contributed by atoms with E-state index in [4.69, 9.17) is 21.1 Å². The lowest BCUT2D eigenvalue weighted by Crippen LogP contribution is -2.56. The summed E-state index contributed by atoms with van der Waals surface area (Å²) >= 11 is 7.32. The smallest absolute Gasteiger partial charge is 0.410 e. The maximum atomic E-state index is 14.4. The zero-order chi connectivity index (χ0) is 38.1. The van der Waals surface area contributed by atoms with Crippen LogP contribution in [0.1, 0.15) is 83.3 Å². The Balaban J connectivity index is 1.26. The minimum Gasteiger partial charge on any atom is -0.460 e. The van der Waals surface area contributed by atoms with Crippen molar-refractivity contribution in [3.8, 4) is 0 Å².